The van der Waals surface area contributed by atoms with Gasteiger partial charge >= 0.3 is 6.03 Å². The molecule has 0 aromatic heterocycles. The molecule has 0 bridgehead atoms. The lowest BCUT2D eigenvalue weighted by atomic mass is 9.72. The number of carbonyl (C=O) groups is 1. The van der Waals surface area contributed by atoms with Crippen LogP contribution in [0.25, 0.3) is 0 Å². The second-order valence-electron chi connectivity index (χ2n) is 7.97. The molecule has 1 atom stereocenters. The second kappa shape index (κ2) is 6.98. The van der Waals surface area contributed by atoms with Gasteiger partial charge in [0, 0.05) is 30.9 Å². The highest BCUT2D eigenvalue weighted by Crippen LogP contribution is 2.44. The lowest BCUT2D eigenvalue weighted by Gasteiger charge is -2.47. The number of benzene rings is 1. The highest BCUT2D eigenvalue weighted by atomic mass is 32.2. The number of nitrogens with zero attached hydrogens (tertiary/aromatic N) is 1. The summed E-state index contributed by atoms with van der Waals surface area (Å²) in [7, 11) is -3.30. The van der Waals surface area contributed by atoms with Gasteiger partial charge in [-0.05, 0) is 56.6 Å². The Morgan fingerprint density at radius 3 is 2.89 bits per heavy atom. The predicted octanol–water partition coefficient (Wildman–Crippen LogP) is 2.48. The summed E-state index contributed by atoms with van der Waals surface area (Å²) in [6.45, 7) is 1.83. The number of carbonyl (C=O) groups excluding carboxylic acids is 1. The van der Waals surface area contributed by atoms with E-state index in [0.29, 0.717) is 36.8 Å². The summed E-state index contributed by atoms with van der Waals surface area (Å²) in [5, 5.41) is 5.88. The Morgan fingerprint density at radius 1 is 1.37 bits per heavy atom. The van der Waals surface area contributed by atoms with E-state index < -0.39 is 10.0 Å². The summed E-state index contributed by atoms with van der Waals surface area (Å²) in [4.78, 5) is 12.4. The van der Waals surface area contributed by atoms with Crippen LogP contribution in [0.3, 0.4) is 0 Å². The molecule has 1 saturated carbocycles. The number of urea groups is 1. The lowest BCUT2D eigenvalue weighted by molar-refractivity contribution is -0.142. The molecule has 4 rings (SSSR count). The standard InChI is InChI=1S/C19H27N3O4S/c1-27(24,25)22-10-6-15-16(4-2-5-17(15)22)21-18(23)20-13-14-7-11-26-19(12-14)8-3-9-19/h2,4-5,14H,3,6-13H2,1H3,(H2,20,21,23). The van der Waals surface area contributed by atoms with Gasteiger partial charge in [0.1, 0.15) is 0 Å². The Morgan fingerprint density at radius 2 is 2.19 bits per heavy atom. The van der Waals surface area contributed by atoms with Crippen molar-refractivity contribution in [2.45, 2.75) is 44.1 Å². The Labute approximate surface area is 160 Å². The van der Waals surface area contributed by atoms with Crippen LogP contribution in [0.5, 0.6) is 0 Å². The summed E-state index contributed by atoms with van der Waals surface area (Å²) >= 11 is 0. The van der Waals surface area contributed by atoms with E-state index in [4.69, 9.17) is 4.74 Å². The molecule has 0 radical (unpaired) electrons. The Kier molecular flexibility index (Phi) is 4.80. The number of sulfonamides is 1. The number of hydrogen-bond acceptors (Lipinski definition) is 4. The van der Waals surface area contributed by atoms with Crippen LogP contribution in [0.2, 0.25) is 0 Å². The molecule has 27 heavy (non-hydrogen) atoms. The van der Waals surface area contributed by atoms with Crippen LogP contribution in [0.1, 0.15) is 37.7 Å². The molecular weight excluding hydrogens is 366 g/mol. The van der Waals surface area contributed by atoms with Gasteiger partial charge in [0.25, 0.3) is 0 Å². The largest absolute Gasteiger partial charge is 0.375 e. The summed E-state index contributed by atoms with van der Waals surface area (Å²) in [5.41, 5.74) is 2.29. The maximum Gasteiger partial charge on any atom is 0.319 e. The van der Waals surface area contributed by atoms with E-state index in [0.717, 1.165) is 37.9 Å². The first-order chi connectivity index (χ1) is 12.9. The van der Waals surface area contributed by atoms with Gasteiger partial charge in [-0.25, -0.2) is 13.2 Å². The molecule has 7 nitrogen and oxygen atoms in total. The van der Waals surface area contributed by atoms with Crippen molar-refractivity contribution in [3.05, 3.63) is 23.8 Å². The Bertz CT molecular complexity index is 835. The first kappa shape index (κ1) is 18.6. The Balaban J connectivity index is 1.36. The first-order valence-corrected chi connectivity index (χ1v) is 11.5. The molecule has 2 N–H and O–H groups in total. The van der Waals surface area contributed by atoms with Crippen molar-refractivity contribution in [1.82, 2.24) is 5.32 Å². The second-order valence-corrected chi connectivity index (χ2v) is 9.87. The molecule has 1 saturated heterocycles. The third-order valence-electron chi connectivity index (χ3n) is 6.04. The van der Waals surface area contributed by atoms with Crippen LogP contribution in [0.15, 0.2) is 18.2 Å². The number of anilines is 2. The minimum atomic E-state index is -3.30. The molecule has 2 fully saturated rings. The van der Waals surface area contributed by atoms with Gasteiger partial charge in [0.2, 0.25) is 10.0 Å². The Hall–Kier alpha value is -1.80. The van der Waals surface area contributed by atoms with Crippen LogP contribution in [-0.4, -0.2) is 46.0 Å². The van der Waals surface area contributed by atoms with Crippen LogP contribution >= 0.6 is 0 Å². The quantitative estimate of drug-likeness (QED) is 0.823. The van der Waals surface area contributed by atoms with E-state index in [1.54, 1.807) is 12.1 Å². The van der Waals surface area contributed by atoms with Gasteiger partial charge in [0.15, 0.2) is 0 Å². The molecule has 1 spiro atoms. The normalized spacial score (nSPS) is 23.6. The molecule has 1 aromatic carbocycles. The van der Waals surface area contributed by atoms with Crippen molar-refractivity contribution in [1.29, 1.82) is 0 Å². The smallest absolute Gasteiger partial charge is 0.319 e. The van der Waals surface area contributed by atoms with Crippen molar-refractivity contribution in [3.8, 4) is 0 Å². The SMILES string of the molecule is CS(=O)(=O)N1CCc2c(NC(=O)NCC3CCOC4(CCC4)C3)cccc21. The number of fused-ring (bicyclic) bond motifs is 1. The van der Waals surface area contributed by atoms with Crippen molar-refractivity contribution < 1.29 is 17.9 Å². The number of hydrogen-bond donors (Lipinski definition) is 2. The predicted molar refractivity (Wildman–Crippen MR) is 105 cm³/mol. The molecule has 2 amide bonds. The third kappa shape index (κ3) is 3.78. The monoisotopic (exact) mass is 393 g/mol. The van der Waals surface area contributed by atoms with E-state index in [1.807, 2.05) is 6.07 Å². The summed E-state index contributed by atoms with van der Waals surface area (Å²) in [5.74, 6) is 0.451. The van der Waals surface area contributed by atoms with E-state index in [-0.39, 0.29) is 11.6 Å². The van der Waals surface area contributed by atoms with Crippen LogP contribution < -0.4 is 14.9 Å². The van der Waals surface area contributed by atoms with E-state index in [9.17, 15) is 13.2 Å². The fourth-order valence-electron chi connectivity index (χ4n) is 4.49. The third-order valence-corrected chi connectivity index (χ3v) is 7.22. The maximum absolute atomic E-state index is 12.4. The van der Waals surface area contributed by atoms with Crippen LogP contribution in [0, 0.1) is 5.92 Å². The minimum Gasteiger partial charge on any atom is -0.375 e. The highest BCUT2D eigenvalue weighted by molar-refractivity contribution is 7.92. The molecule has 1 unspecified atom stereocenters. The topological polar surface area (TPSA) is 87.7 Å². The van der Waals surface area contributed by atoms with E-state index in [2.05, 4.69) is 10.6 Å². The zero-order chi connectivity index (χ0) is 19.1. The highest BCUT2D eigenvalue weighted by Gasteiger charge is 2.42. The average molecular weight is 394 g/mol. The van der Waals surface area contributed by atoms with Crippen molar-refractivity contribution in [2.75, 3.05) is 35.6 Å². The molecule has 1 aliphatic carbocycles. The number of amides is 2. The number of rotatable bonds is 4. The zero-order valence-electron chi connectivity index (χ0n) is 15.7. The maximum atomic E-state index is 12.4. The summed E-state index contributed by atoms with van der Waals surface area (Å²) in [6, 6.07) is 5.14. The van der Waals surface area contributed by atoms with Gasteiger partial charge in [-0.2, -0.15) is 0 Å². The number of nitrogens with one attached hydrogen (secondary N) is 2. The lowest BCUT2D eigenvalue weighted by Crippen LogP contribution is -2.48. The van der Waals surface area contributed by atoms with Gasteiger partial charge in [-0.1, -0.05) is 6.07 Å². The van der Waals surface area contributed by atoms with Crippen LogP contribution in [-0.2, 0) is 21.2 Å². The summed E-state index contributed by atoms with van der Waals surface area (Å²) < 4.78 is 31.1. The molecule has 2 heterocycles. The molecular formula is C19H27N3O4S. The fraction of sp³-hybridized carbons (Fsp3) is 0.632. The molecule has 8 heteroatoms. The zero-order valence-corrected chi connectivity index (χ0v) is 16.5. The minimum absolute atomic E-state index is 0.0798. The fourth-order valence-corrected chi connectivity index (χ4v) is 5.44. The molecule has 1 aromatic rings. The molecule has 2 aliphatic heterocycles. The van der Waals surface area contributed by atoms with Crippen molar-refractivity contribution in [3.63, 3.8) is 0 Å². The van der Waals surface area contributed by atoms with Gasteiger partial charge in [-0.15, -0.1) is 0 Å². The summed E-state index contributed by atoms with van der Waals surface area (Å²) in [6.07, 6.45) is 7.33. The molecule has 3 aliphatic rings. The molecule has 148 valence electrons. The van der Waals surface area contributed by atoms with E-state index >= 15 is 0 Å². The van der Waals surface area contributed by atoms with Gasteiger partial charge in [0.05, 0.1) is 17.5 Å². The van der Waals surface area contributed by atoms with Gasteiger partial charge < -0.3 is 15.4 Å². The first-order valence-electron chi connectivity index (χ1n) is 9.65. The number of ether oxygens (including phenoxy) is 1. The van der Waals surface area contributed by atoms with Gasteiger partial charge in [-0.3, -0.25) is 4.31 Å². The average Bonchev–Trinajstić information content (AvgIpc) is 3.04. The van der Waals surface area contributed by atoms with Crippen molar-refractivity contribution >= 4 is 27.4 Å². The van der Waals surface area contributed by atoms with E-state index in [1.165, 1.54) is 17.0 Å². The van der Waals surface area contributed by atoms with Crippen LogP contribution in [0.4, 0.5) is 16.2 Å². The van der Waals surface area contributed by atoms with Crippen molar-refractivity contribution in [2.24, 2.45) is 5.92 Å².